The number of rotatable bonds is 5. The molecule has 8 rings (SSSR count). The third-order valence-corrected chi connectivity index (χ3v) is 8.78. The largest absolute Gasteiger partial charge is 0.497 e. The van der Waals surface area contributed by atoms with E-state index >= 15 is 0 Å². The molecule has 1 saturated heterocycles. The van der Waals surface area contributed by atoms with E-state index in [2.05, 4.69) is 43.3 Å². The Hall–Kier alpha value is -4.51. The molecule has 192 valence electrons. The summed E-state index contributed by atoms with van der Waals surface area (Å²) in [6.07, 6.45) is 2.90. The number of benzene rings is 4. The number of aliphatic imine (C=N–C) groups is 1. The fourth-order valence-electron chi connectivity index (χ4n) is 7.03. The van der Waals surface area contributed by atoms with Crippen molar-refractivity contribution in [3.63, 3.8) is 0 Å². The van der Waals surface area contributed by atoms with Gasteiger partial charge < -0.3 is 4.74 Å². The fraction of sp³-hybridized carbons (Fsp3) is 0.206. The standard InChI is InChI=1S/C34H28N2O3/c1-3-21-12-14-22(15-13-21)35-20-34-27-10-6-4-8-25(27)29(26-9-5-7-11-28(26)34)30-31(34)33(38)36(32(30)37)23-16-18-24(39-2)19-17-23/h4-20,29-31H,3H2,1-2H3/t29?,30-,31+,34?/m1/s1. The number of methoxy groups -OCH3 is 1. The van der Waals surface area contributed by atoms with Gasteiger partial charge in [0.05, 0.1) is 35.7 Å². The molecule has 0 spiro atoms. The molecule has 5 nitrogen and oxygen atoms in total. The maximum atomic E-state index is 14.4. The van der Waals surface area contributed by atoms with E-state index in [1.54, 1.807) is 31.4 Å². The van der Waals surface area contributed by atoms with Crippen molar-refractivity contribution >= 4 is 29.4 Å². The molecule has 39 heavy (non-hydrogen) atoms. The summed E-state index contributed by atoms with van der Waals surface area (Å²) in [5.74, 6) is -0.973. The van der Waals surface area contributed by atoms with Gasteiger partial charge in [0.15, 0.2) is 0 Å². The number of carbonyl (C=O) groups excluding carboxylic acids is 2. The van der Waals surface area contributed by atoms with Crippen molar-refractivity contribution in [2.24, 2.45) is 16.8 Å². The molecule has 2 atom stereocenters. The van der Waals surface area contributed by atoms with Gasteiger partial charge in [-0.05, 0) is 70.6 Å². The Kier molecular flexibility index (Phi) is 5.31. The van der Waals surface area contributed by atoms with Gasteiger partial charge in [-0.25, -0.2) is 4.90 Å². The monoisotopic (exact) mass is 512 g/mol. The number of imide groups is 1. The van der Waals surface area contributed by atoms with Crippen molar-refractivity contribution in [1.82, 2.24) is 0 Å². The normalized spacial score (nSPS) is 24.6. The quantitative estimate of drug-likeness (QED) is 0.236. The van der Waals surface area contributed by atoms with Crippen molar-refractivity contribution in [3.05, 3.63) is 125 Å². The van der Waals surface area contributed by atoms with Crippen LogP contribution in [0.25, 0.3) is 0 Å². The van der Waals surface area contributed by atoms with E-state index in [1.807, 2.05) is 42.6 Å². The van der Waals surface area contributed by atoms with Gasteiger partial charge >= 0.3 is 0 Å². The van der Waals surface area contributed by atoms with Crippen LogP contribution in [-0.4, -0.2) is 25.1 Å². The summed E-state index contributed by atoms with van der Waals surface area (Å²) in [5, 5.41) is 0. The summed E-state index contributed by atoms with van der Waals surface area (Å²) in [6.45, 7) is 2.13. The first-order chi connectivity index (χ1) is 19.1. The topological polar surface area (TPSA) is 59.0 Å². The SMILES string of the molecule is CCc1ccc(N=CC23c4ccccc4C(c4ccccc42)[C@H]2C(=O)N(c4ccc(OC)cc4)C(=O)[C@H]23)cc1. The Bertz CT molecular complexity index is 1590. The molecule has 1 fully saturated rings. The van der Waals surface area contributed by atoms with E-state index in [9.17, 15) is 9.59 Å². The van der Waals surface area contributed by atoms with Crippen molar-refractivity contribution in [2.45, 2.75) is 24.7 Å². The Balaban J connectivity index is 1.45. The molecule has 0 aromatic heterocycles. The molecular formula is C34H28N2O3. The lowest BCUT2D eigenvalue weighted by Crippen LogP contribution is -2.54. The third kappa shape index (κ3) is 3.22. The molecule has 5 heteroatoms. The van der Waals surface area contributed by atoms with Gasteiger partial charge in [0.1, 0.15) is 5.75 Å². The van der Waals surface area contributed by atoms with Crippen molar-refractivity contribution in [2.75, 3.05) is 12.0 Å². The molecule has 2 bridgehead atoms. The van der Waals surface area contributed by atoms with Gasteiger partial charge in [-0.1, -0.05) is 67.6 Å². The molecular weight excluding hydrogens is 484 g/mol. The highest BCUT2D eigenvalue weighted by atomic mass is 16.5. The third-order valence-electron chi connectivity index (χ3n) is 8.78. The first-order valence-electron chi connectivity index (χ1n) is 13.4. The molecule has 0 N–H and O–H groups in total. The second kappa shape index (κ2) is 8.77. The number of ether oxygens (including phenoxy) is 1. The summed E-state index contributed by atoms with van der Waals surface area (Å²) in [4.78, 5) is 35.0. The second-order valence-electron chi connectivity index (χ2n) is 10.5. The minimum absolute atomic E-state index is 0.158. The number of carbonyl (C=O) groups is 2. The summed E-state index contributed by atoms with van der Waals surface area (Å²) < 4.78 is 5.31. The molecule has 0 radical (unpaired) electrons. The van der Waals surface area contributed by atoms with Crippen LogP contribution in [0.15, 0.2) is 102 Å². The smallest absolute Gasteiger partial charge is 0.239 e. The van der Waals surface area contributed by atoms with E-state index in [0.717, 1.165) is 34.4 Å². The molecule has 3 aliphatic carbocycles. The predicted molar refractivity (Wildman–Crippen MR) is 152 cm³/mol. The van der Waals surface area contributed by atoms with Crippen LogP contribution in [0.4, 0.5) is 11.4 Å². The Morgan fingerprint density at radius 3 is 2.03 bits per heavy atom. The average Bonchev–Trinajstić information content (AvgIpc) is 3.27. The Labute approximate surface area is 227 Å². The lowest BCUT2D eigenvalue weighted by atomic mass is 9.47. The number of hydrogen-bond donors (Lipinski definition) is 0. The van der Waals surface area contributed by atoms with Gasteiger partial charge in [0, 0.05) is 12.1 Å². The van der Waals surface area contributed by atoms with Crippen molar-refractivity contribution < 1.29 is 14.3 Å². The summed E-state index contributed by atoms with van der Waals surface area (Å²) in [6, 6.07) is 31.8. The van der Waals surface area contributed by atoms with Crippen LogP contribution in [0.5, 0.6) is 5.75 Å². The molecule has 1 heterocycles. The maximum Gasteiger partial charge on any atom is 0.239 e. The number of nitrogens with zero attached hydrogens (tertiary/aromatic N) is 2. The molecule has 1 aliphatic heterocycles. The highest BCUT2D eigenvalue weighted by molar-refractivity contribution is 6.25. The molecule has 0 saturated carbocycles. The lowest BCUT2D eigenvalue weighted by Gasteiger charge is -2.52. The summed E-state index contributed by atoms with van der Waals surface area (Å²) in [5.41, 5.74) is 6.07. The zero-order valence-corrected chi connectivity index (χ0v) is 21.9. The van der Waals surface area contributed by atoms with Crippen molar-refractivity contribution in [1.29, 1.82) is 0 Å². The summed E-state index contributed by atoms with van der Waals surface area (Å²) >= 11 is 0. The highest BCUT2D eigenvalue weighted by Gasteiger charge is 2.67. The van der Waals surface area contributed by atoms with Crippen LogP contribution in [0, 0.1) is 11.8 Å². The van der Waals surface area contributed by atoms with E-state index in [0.29, 0.717) is 11.4 Å². The van der Waals surface area contributed by atoms with E-state index in [1.165, 1.54) is 10.5 Å². The molecule has 0 unspecified atom stereocenters. The zero-order valence-electron chi connectivity index (χ0n) is 21.9. The Morgan fingerprint density at radius 2 is 1.44 bits per heavy atom. The first kappa shape index (κ1) is 23.6. The number of aryl methyl sites for hydroxylation is 1. The van der Waals surface area contributed by atoms with Gasteiger partial charge in [-0.3, -0.25) is 14.6 Å². The van der Waals surface area contributed by atoms with Crippen LogP contribution >= 0.6 is 0 Å². The Morgan fingerprint density at radius 1 is 0.821 bits per heavy atom. The van der Waals surface area contributed by atoms with Crippen LogP contribution in [0.1, 0.15) is 40.7 Å². The minimum Gasteiger partial charge on any atom is -0.497 e. The van der Waals surface area contributed by atoms with Crippen LogP contribution < -0.4 is 9.64 Å². The lowest BCUT2D eigenvalue weighted by molar-refractivity contribution is -0.122. The zero-order chi connectivity index (χ0) is 26.7. The maximum absolute atomic E-state index is 14.4. The van der Waals surface area contributed by atoms with Crippen LogP contribution in [0.2, 0.25) is 0 Å². The van der Waals surface area contributed by atoms with Crippen molar-refractivity contribution in [3.8, 4) is 5.75 Å². The van der Waals surface area contributed by atoms with E-state index < -0.39 is 17.3 Å². The molecule has 2 amide bonds. The molecule has 4 aromatic rings. The van der Waals surface area contributed by atoms with Gasteiger partial charge in [-0.15, -0.1) is 0 Å². The average molecular weight is 513 g/mol. The van der Waals surface area contributed by atoms with Gasteiger partial charge in [0.2, 0.25) is 11.8 Å². The number of amides is 2. The minimum atomic E-state index is -0.871. The van der Waals surface area contributed by atoms with Gasteiger partial charge in [0.25, 0.3) is 0 Å². The number of hydrogen-bond acceptors (Lipinski definition) is 4. The van der Waals surface area contributed by atoms with Crippen LogP contribution in [0.3, 0.4) is 0 Å². The predicted octanol–water partition coefficient (Wildman–Crippen LogP) is 6.21. The van der Waals surface area contributed by atoms with Gasteiger partial charge in [-0.2, -0.15) is 0 Å². The fourth-order valence-corrected chi connectivity index (χ4v) is 7.03. The van der Waals surface area contributed by atoms with E-state index in [4.69, 9.17) is 9.73 Å². The summed E-state index contributed by atoms with van der Waals surface area (Å²) in [7, 11) is 1.60. The molecule has 4 aliphatic rings. The molecule has 4 aromatic carbocycles. The second-order valence-corrected chi connectivity index (χ2v) is 10.5. The first-order valence-corrected chi connectivity index (χ1v) is 13.4. The van der Waals surface area contributed by atoms with E-state index in [-0.39, 0.29) is 17.7 Å². The van der Waals surface area contributed by atoms with Crippen LogP contribution in [-0.2, 0) is 21.4 Å². The highest BCUT2D eigenvalue weighted by Crippen LogP contribution is 2.63. The number of anilines is 1.